The number of para-hydroxylation sites is 4. The fraction of sp³-hybridized carbons (Fsp3) is 0.250. The van der Waals surface area contributed by atoms with Gasteiger partial charge >= 0.3 is 0 Å². The Morgan fingerprint density at radius 2 is 0.912 bits per heavy atom. The van der Waals surface area contributed by atoms with Crippen molar-refractivity contribution in [2.24, 2.45) is 0 Å². The zero-order chi connectivity index (χ0) is 23.7. The molecule has 5 rings (SSSR count). The molecule has 0 unspecified atom stereocenters. The number of benzene rings is 3. The van der Waals surface area contributed by atoms with Gasteiger partial charge in [-0.1, -0.05) is 24.3 Å². The Bertz CT molecular complexity index is 1070. The summed E-state index contributed by atoms with van der Waals surface area (Å²) in [7, 11) is 0. The quantitative estimate of drug-likeness (QED) is 0.222. The van der Waals surface area contributed by atoms with Crippen molar-refractivity contribution in [3.63, 3.8) is 0 Å². The fourth-order valence-corrected chi connectivity index (χ4v) is 2.99. The molecule has 3 aromatic rings. The summed E-state index contributed by atoms with van der Waals surface area (Å²) in [5.41, 5.74) is 0. The van der Waals surface area contributed by atoms with Gasteiger partial charge in [-0.2, -0.15) is 17.6 Å². The third-order valence-electron chi connectivity index (χ3n) is 4.96. The summed E-state index contributed by atoms with van der Waals surface area (Å²) >= 11 is 0. The third-order valence-corrected chi connectivity index (χ3v) is 4.96. The molecule has 0 amide bonds. The van der Waals surface area contributed by atoms with Gasteiger partial charge in [0, 0.05) is 0 Å². The minimum atomic E-state index is -1.76. The van der Waals surface area contributed by atoms with Crippen molar-refractivity contribution < 1.29 is 46.0 Å². The third kappa shape index (κ3) is 4.87. The maximum atomic E-state index is 14.8. The molecule has 0 aromatic heterocycles. The second-order valence-corrected chi connectivity index (χ2v) is 7.54. The van der Waals surface area contributed by atoms with Crippen LogP contribution < -0.4 is 18.9 Å². The Labute approximate surface area is 191 Å². The lowest BCUT2D eigenvalue weighted by Gasteiger charge is -2.16. The highest BCUT2D eigenvalue weighted by Crippen LogP contribution is 2.42. The van der Waals surface area contributed by atoms with E-state index in [9.17, 15) is 17.6 Å². The topological polar surface area (TPSA) is 62.0 Å². The van der Waals surface area contributed by atoms with Crippen LogP contribution in [-0.2, 0) is 9.47 Å². The summed E-state index contributed by atoms with van der Waals surface area (Å²) in [5, 5.41) is 0. The lowest BCUT2D eigenvalue weighted by atomic mass is 10.2. The lowest BCUT2D eigenvalue weighted by Crippen LogP contribution is -2.07. The Morgan fingerprint density at radius 1 is 0.588 bits per heavy atom. The first-order valence-electron chi connectivity index (χ1n) is 10.4. The molecule has 0 N–H and O–H groups in total. The van der Waals surface area contributed by atoms with E-state index in [2.05, 4.69) is 0 Å². The van der Waals surface area contributed by atoms with Gasteiger partial charge in [-0.3, -0.25) is 0 Å². The van der Waals surface area contributed by atoms with E-state index < -0.39 is 34.8 Å². The SMILES string of the molecule is Fc1c(F)c(Oc2ccccc2OC[C@@H]2CO2)c(F)c(F)c1Oc1ccccc1OC[C@@H]1CO1. The molecule has 6 nitrogen and oxygen atoms in total. The molecule has 34 heavy (non-hydrogen) atoms. The van der Waals surface area contributed by atoms with Crippen LogP contribution in [0.4, 0.5) is 17.6 Å². The highest BCUT2D eigenvalue weighted by atomic mass is 19.2. The van der Waals surface area contributed by atoms with Crippen LogP contribution in [0.1, 0.15) is 0 Å². The average Bonchev–Trinajstić information content (AvgIpc) is 3.77. The molecular weight excluding hydrogens is 460 g/mol. The number of epoxide rings is 2. The Morgan fingerprint density at radius 3 is 1.24 bits per heavy atom. The number of halogens is 4. The van der Waals surface area contributed by atoms with Crippen LogP contribution in [0.2, 0.25) is 0 Å². The number of hydrogen-bond acceptors (Lipinski definition) is 6. The van der Waals surface area contributed by atoms with E-state index in [1.165, 1.54) is 36.4 Å². The van der Waals surface area contributed by atoms with Crippen LogP contribution in [0.5, 0.6) is 34.5 Å². The number of ether oxygens (including phenoxy) is 6. The Balaban J connectivity index is 1.41. The van der Waals surface area contributed by atoms with E-state index in [0.717, 1.165) is 0 Å². The van der Waals surface area contributed by atoms with Gasteiger partial charge in [0.05, 0.1) is 13.2 Å². The number of hydrogen-bond donors (Lipinski definition) is 0. The van der Waals surface area contributed by atoms with Crippen LogP contribution in [0, 0.1) is 23.3 Å². The first kappa shape index (κ1) is 22.3. The maximum absolute atomic E-state index is 14.8. The molecule has 2 heterocycles. The van der Waals surface area contributed by atoms with Crippen molar-refractivity contribution in [1.29, 1.82) is 0 Å². The lowest BCUT2D eigenvalue weighted by molar-refractivity contribution is 0.250. The summed E-state index contributed by atoms with van der Waals surface area (Å²) in [6.45, 7) is 1.45. The van der Waals surface area contributed by atoms with E-state index in [1.807, 2.05) is 0 Å². The highest BCUT2D eigenvalue weighted by molar-refractivity contribution is 5.48. The molecule has 10 heteroatoms. The Kier molecular flexibility index (Phi) is 6.16. The standard InChI is InChI=1S/C24H18F4O6/c25-19-21(27)24(34-18-8-4-2-6-16(18)32-12-14-10-30-14)22(28)20(26)23(19)33-17-7-3-1-5-15(17)31-11-13-9-29-13/h1-8,13-14H,9-12H2/t13-,14-/m0/s1. The van der Waals surface area contributed by atoms with Gasteiger partial charge in [0.2, 0.25) is 34.8 Å². The van der Waals surface area contributed by atoms with Crippen LogP contribution >= 0.6 is 0 Å². The first-order chi connectivity index (χ1) is 16.5. The zero-order valence-electron chi connectivity index (χ0n) is 17.6. The number of rotatable bonds is 10. The van der Waals surface area contributed by atoms with E-state index in [0.29, 0.717) is 13.2 Å². The fourth-order valence-electron chi connectivity index (χ4n) is 2.99. The molecule has 0 aliphatic carbocycles. The van der Waals surface area contributed by atoms with Crippen molar-refractivity contribution in [2.45, 2.75) is 12.2 Å². The summed E-state index contributed by atoms with van der Waals surface area (Å²) < 4.78 is 90.7. The van der Waals surface area contributed by atoms with Gasteiger partial charge in [-0.05, 0) is 24.3 Å². The van der Waals surface area contributed by atoms with Gasteiger partial charge < -0.3 is 28.4 Å². The molecule has 178 valence electrons. The van der Waals surface area contributed by atoms with Crippen LogP contribution in [0.3, 0.4) is 0 Å². The van der Waals surface area contributed by atoms with E-state index in [1.54, 1.807) is 12.1 Å². The largest absolute Gasteiger partial charge is 0.487 e. The average molecular weight is 478 g/mol. The van der Waals surface area contributed by atoms with Crippen molar-refractivity contribution >= 4 is 0 Å². The minimum Gasteiger partial charge on any atom is -0.487 e. The summed E-state index contributed by atoms with van der Waals surface area (Å²) in [4.78, 5) is 0. The molecule has 0 bridgehead atoms. The summed E-state index contributed by atoms with van der Waals surface area (Å²) in [6.07, 6.45) is -0.173. The van der Waals surface area contributed by atoms with Crippen LogP contribution in [0.25, 0.3) is 0 Å². The summed E-state index contributed by atoms with van der Waals surface area (Å²) in [6, 6.07) is 11.9. The van der Waals surface area contributed by atoms with Crippen molar-refractivity contribution in [3.8, 4) is 34.5 Å². The highest BCUT2D eigenvalue weighted by Gasteiger charge is 2.31. The van der Waals surface area contributed by atoms with Crippen molar-refractivity contribution in [1.82, 2.24) is 0 Å². The van der Waals surface area contributed by atoms with Gasteiger partial charge in [-0.15, -0.1) is 0 Å². The molecule has 3 aromatic carbocycles. The monoisotopic (exact) mass is 478 g/mol. The molecule has 2 aliphatic rings. The van der Waals surface area contributed by atoms with Crippen molar-refractivity contribution in [3.05, 3.63) is 71.8 Å². The van der Waals surface area contributed by atoms with Gasteiger partial charge in [0.25, 0.3) is 0 Å². The molecule has 2 aliphatic heterocycles. The minimum absolute atomic E-state index is 0.0866. The van der Waals surface area contributed by atoms with E-state index in [-0.39, 0.29) is 48.4 Å². The molecule has 2 fully saturated rings. The van der Waals surface area contributed by atoms with Crippen molar-refractivity contribution in [2.75, 3.05) is 26.4 Å². The molecule has 0 saturated carbocycles. The molecule has 2 saturated heterocycles. The normalized spacial score (nSPS) is 18.4. The molecule has 0 radical (unpaired) electrons. The molecule has 0 spiro atoms. The van der Waals surface area contributed by atoms with Gasteiger partial charge in [0.15, 0.2) is 23.0 Å². The van der Waals surface area contributed by atoms with E-state index in [4.69, 9.17) is 28.4 Å². The second kappa shape index (κ2) is 9.40. The van der Waals surface area contributed by atoms with Gasteiger partial charge in [-0.25, -0.2) is 0 Å². The zero-order valence-corrected chi connectivity index (χ0v) is 17.6. The predicted molar refractivity (Wildman–Crippen MR) is 110 cm³/mol. The van der Waals surface area contributed by atoms with Crippen LogP contribution in [-0.4, -0.2) is 38.6 Å². The first-order valence-corrected chi connectivity index (χ1v) is 10.4. The van der Waals surface area contributed by atoms with Crippen LogP contribution in [0.15, 0.2) is 48.5 Å². The van der Waals surface area contributed by atoms with E-state index >= 15 is 0 Å². The predicted octanol–water partition coefficient (Wildman–Crippen LogP) is 5.38. The maximum Gasteiger partial charge on any atom is 0.208 e. The Hall–Kier alpha value is -3.50. The summed E-state index contributed by atoms with van der Waals surface area (Å²) in [5.74, 6) is -9.60. The van der Waals surface area contributed by atoms with Gasteiger partial charge in [0.1, 0.15) is 25.4 Å². The second-order valence-electron chi connectivity index (χ2n) is 7.54. The smallest absolute Gasteiger partial charge is 0.208 e. The molecular formula is C24H18F4O6. The molecule has 2 atom stereocenters.